The van der Waals surface area contributed by atoms with Crippen molar-refractivity contribution in [2.75, 3.05) is 6.54 Å². The van der Waals surface area contributed by atoms with Crippen LogP contribution < -0.4 is 5.32 Å². The van der Waals surface area contributed by atoms with Crippen LogP contribution in [0.15, 0.2) is 30.3 Å². The monoisotopic (exact) mass is 261 g/mol. The van der Waals surface area contributed by atoms with E-state index < -0.39 is 0 Å². The molecule has 0 saturated heterocycles. The molecule has 1 N–H and O–H groups in total. The average molecular weight is 261 g/mol. The highest BCUT2D eigenvalue weighted by atomic mass is 14.9. The lowest BCUT2D eigenvalue weighted by atomic mass is 9.71. The summed E-state index contributed by atoms with van der Waals surface area (Å²) in [6.45, 7) is 12.7. The summed E-state index contributed by atoms with van der Waals surface area (Å²) >= 11 is 0. The molecule has 0 fully saturated rings. The Labute approximate surface area is 119 Å². The molecule has 1 nitrogen and oxygen atoms in total. The Bertz CT molecular complexity index is 338. The molecule has 0 radical (unpaired) electrons. The van der Waals surface area contributed by atoms with Gasteiger partial charge in [0.05, 0.1) is 0 Å². The summed E-state index contributed by atoms with van der Waals surface area (Å²) in [7, 11) is 0. The molecule has 108 valence electrons. The minimum absolute atomic E-state index is 0.174. The molecule has 1 aromatic carbocycles. The first-order chi connectivity index (χ1) is 9.07. The first-order valence-corrected chi connectivity index (χ1v) is 7.86. The van der Waals surface area contributed by atoms with E-state index in [9.17, 15) is 0 Å². The first-order valence-electron chi connectivity index (χ1n) is 7.86. The van der Waals surface area contributed by atoms with Gasteiger partial charge in [-0.3, -0.25) is 0 Å². The van der Waals surface area contributed by atoms with E-state index in [1.54, 1.807) is 0 Å². The molecule has 0 spiro atoms. The van der Waals surface area contributed by atoms with Gasteiger partial charge >= 0.3 is 0 Å². The van der Waals surface area contributed by atoms with E-state index in [0.29, 0.717) is 6.04 Å². The summed E-state index contributed by atoms with van der Waals surface area (Å²) < 4.78 is 0. The molecular weight excluding hydrogens is 230 g/mol. The third-order valence-electron chi connectivity index (χ3n) is 4.43. The smallest absolute Gasteiger partial charge is 0.0187 e. The average Bonchev–Trinajstić information content (AvgIpc) is 2.44. The second kappa shape index (κ2) is 7.69. The molecule has 1 heteroatoms. The zero-order valence-electron chi connectivity index (χ0n) is 13.4. The summed E-state index contributed by atoms with van der Waals surface area (Å²) in [6.07, 6.45) is 3.68. The fraction of sp³-hybridized carbons (Fsp3) is 0.667. The summed E-state index contributed by atoms with van der Waals surface area (Å²) in [4.78, 5) is 0. The van der Waals surface area contributed by atoms with Crippen LogP contribution in [0.3, 0.4) is 0 Å². The Hall–Kier alpha value is -0.820. The van der Waals surface area contributed by atoms with Gasteiger partial charge in [-0.15, -0.1) is 0 Å². The van der Waals surface area contributed by atoms with Gasteiger partial charge in [-0.1, -0.05) is 77.8 Å². The maximum absolute atomic E-state index is 3.81. The van der Waals surface area contributed by atoms with Crippen molar-refractivity contribution in [1.29, 1.82) is 0 Å². The van der Waals surface area contributed by atoms with Crippen molar-refractivity contribution in [2.24, 2.45) is 5.92 Å². The van der Waals surface area contributed by atoms with Gasteiger partial charge in [0.25, 0.3) is 0 Å². The van der Waals surface area contributed by atoms with E-state index in [2.05, 4.69) is 70.3 Å². The van der Waals surface area contributed by atoms with Crippen molar-refractivity contribution in [1.82, 2.24) is 5.32 Å². The van der Waals surface area contributed by atoms with Crippen molar-refractivity contribution in [3.05, 3.63) is 35.9 Å². The van der Waals surface area contributed by atoms with Gasteiger partial charge in [0.1, 0.15) is 0 Å². The highest BCUT2D eigenvalue weighted by Crippen LogP contribution is 2.33. The third kappa shape index (κ3) is 4.07. The van der Waals surface area contributed by atoms with Gasteiger partial charge in [-0.05, 0) is 24.4 Å². The van der Waals surface area contributed by atoms with Gasteiger partial charge in [-0.2, -0.15) is 0 Å². The normalized spacial score (nSPS) is 13.8. The van der Waals surface area contributed by atoms with Crippen LogP contribution in [0.4, 0.5) is 0 Å². The zero-order chi connectivity index (χ0) is 14.3. The molecule has 1 atom stereocenters. The lowest BCUT2D eigenvalue weighted by molar-refractivity contribution is 0.233. The minimum atomic E-state index is 0.174. The standard InChI is InChI=1S/C18H31N/c1-6-14-19-17(15(7-2)8-3)18(4,5)16-12-10-9-11-13-16/h9-13,15,17,19H,6-8,14H2,1-5H3. The molecule has 0 saturated carbocycles. The summed E-state index contributed by atoms with van der Waals surface area (Å²) in [5.74, 6) is 0.738. The largest absolute Gasteiger partial charge is 0.313 e. The second-order valence-electron chi connectivity index (χ2n) is 6.10. The maximum atomic E-state index is 3.81. The number of hydrogen-bond donors (Lipinski definition) is 1. The van der Waals surface area contributed by atoms with E-state index in [1.807, 2.05) is 0 Å². The van der Waals surface area contributed by atoms with Crippen molar-refractivity contribution in [3.63, 3.8) is 0 Å². The van der Waals surface area contributed by atoms with E-state index in [1.165, 1.54) is 24.8 Å². The Kier molecular flexibility index (Phi) is 6.57. The molecule has 1 unspecified atom stereocenters. The van der Waals surface area contributed by atoms with E-state index in [4.69, 9.17) is 0 Å². The van der Waals surface area contributed by atoms with Gasteiger partial charge in [0.2, 0.25) is 0 Å². The fourth-order valence-corrected chi connectivity index (χ4v) is 3.12. The van der Waals surface area contributed by atoms with Crippen LogP contribution in [-0.4, -0.2) is 12.6 Å². The Morgan fingerprint density at radius 1 is 1.00 bits per heavy atom. The first kappa shape index (κ1) is 16.2. The molecule has 0 amide bonds. The molecule has 0 aliphatic heterocycles. The van der Waals surface area contributed by atoms with Crippen molar-refractivity contribution < 1.29 is 0 Å². The highest BCUT2D eigenvalue weighted by molar-refractivity contribution is 5.26. The van der Waals surface area contributed by atoms with E-state index >= 15 is 0 Å². The molecule has 19 heavy (non-hydrogen) atoms. The zero-order valence-corrected chi connectivity index (χ0v) is 13.4. The molecule has 0 aromatic heterocycles. The lowest BCUT2D eigenvalue weighted by Gasteiger charge is -2.40. The van der Waals surface area contributed by atoms with Gasteiger partial charge in [0.15, 0.2) is 0 Å². The van der Waals surface area contributed by atoms with Gasteiger partial charge < -0.3 is 5.32 Å². The third-order valence-corrected chi connectivity index (χ3v) is 4.43. The number of rotatable bonds is 8. The van der Waals surface area contributed by atoms with Crippen LogP contribution in [0.5, 0.6) is 0 Å². The minimum Gasteiger partial charge on any atom is -0.313 e. The van der Waals surface area contributed by atoms with E-state index in [-0.39, 0.29) is 5.41 Å². The summed E-state index contributed by atoms with van der Waals surface area (Å²) in [5.41, 5.74) is 1.61. The topological polar surface area (TPSA) is 12.0 Å². The molecule has 1 aromatic rings. The summed E-state index contributed by atoms with van der Waals surface area (Å²) in [5, 5.41) is 3.81. The highest BCUT2D eigenvalue weighted by Gasteiger charge is 2.34. The van der Waals surface area contributed by atoms with Crippen LogP contribution in [0.1, 0.15) is 59.4 Å². The van der Waals surface area contributed by atoms with Gasteiger partial charge in [-0.25, -0.2) is 0 Å². The molecule has 1 rings (SSSR count). The predicted molar refractivity (Wildman–Crippen MR) is 85.6 cm³/mol. The lowest BCUT2D eigenvalue weighted by Crippen LogP contribution is -2.49. The van der Waals surface area contributed by atoms with Crippen molar-refractivity contribution >= 4 is 0 Å². The van der Waals surface area contributed by atoms with Crippen LogP contribution in [0.25, 0.3) is 0 Å². The van der Waals surface area contributed by atoms with E-state index in [0.717, 1.165) is 12.5 Å². The Morgan fingerprint density at radius 2 is 1.58 bits per heavy atom. The number of hydrogen-bond acceptors (Lipinski definition) is 1. The predicted octanol–water partition coefficient (Wildman–Crippen LogP) is 4.77. The molecular formula is C18H31N. The number of benzene rings is 1. The summed E-state index contributed by atoms with van der Waals surface area (Å²) in [6, 6.07) is 11.5. The Balaban J connectivity index is 3.00. The Morgan fingerprint density at radius 3 is 2.05 bits per heavy atom. The number of nitrogens with one attached hydrogen (secondary N) is 1. The fourth-order valence-electron chi connectivity index (χ4n) is 3.12. The molecule has 0 aliphatic carbocycles. The van der Waals surface area contributed by atoms with Crippen molar-refractivity contribution in [2.45, 2.75) is 65.3 Å². The van der Waals surface area contributed by atoms with Gasteiger partial charge in [0, 0.05) is 11.5 Å². The quantitative estimate of drug-likeness (QED) is 0.711. The molecule has 0 heterocycles. The molecule has 0 bridgehead atoms. The second-order valence-corrected chi connectivity index (χ2v) is 6.10. The van der Waals surface area contributed by atoms with Crippen LogP contribution in [0, 0.1) is 5.92 Å². The molecule has 0 aliphatic rings. The SMILES string of the molecule is CCCNC(C(CC)CC)C(C)(C)c1ccccc1. The van der Waals surface area contributed by atoms with Crippen molar-refractivity contribution in [3.8, 4) is 0 Å². The maximum Gasteiger partial charge on any atom is 0.0187 e. The van der Waals surface area contributed by atoms with Crippen LogP contribution >= 0.6 is 0 Å². The van der Waals surface area contributed by atoms with Crippen LogP contribution in [0.2, 0.25) is 0 Å². The van der Waals surface area contributed by atoms with Crippen LogP contribution in [-0.2, 0) is 5.41 Å².